The molecular weight excluding hydrogens is 373 g/mol. The number of nitrogens with one attached hydrogen (secondary N) is 2. The van der Waals surface area contributed by atoms with E-state index in [0.29, 0.717) is 24.7 Å². The topological polar surface area (TPSA) is 68.3 Å². The molecule has 146 valence electrons. The molecule has 0 atom stereocenters. The summed E-state index contributed by atoms with van der Waals surface area (Å²) in [5.41, 5.74) is -0.265. The van der Waals surface area contributed by atoms with Crippen LogP contribution in [0.5, 0.6) is 11.5 Å². The SMILES string of the molecule is COc1ccc(OCCNc2ccnc(Nc3ccc(F)c(F)c3F)n2)cc1. The highest BCUT2D eigenvalue weighted by molar-refractivity contribution is 5.55. The Morgan fingerprint density at radius 1 is 0.929 bits per heavy atom. The molecule has 0 bridgehead atoms. The molecule has 0 spiro atoms. The summed E-state index contributed by atoms with van der Waals surface area (Å²) in [6.45, 7) is 0.818. The molecule has 2 aromatic carbocycles. The monoisotopic (exact) mass is 390 g/mol. The Bertz CT molecular complexity index is 939. The van der Waals surface area contributed by atoms with Crippen LogP contribution in [0.1, 0.15) is 0 Å². The van der Waals surface area contributed by atoms with Crippen molar-refractivity contribution in [3.8, 4) is 11.5 Å². The van der Waals surface area contributed by atoms with Gasteiger partial charge in [-0.05, 0) is 42.5 Å². The van der Waals surface area contributed by atoms with Crippen LogP contribution in [0.2, 0.25) is 0 Å². The van der Waals surface area contributed by atoms with Gasteiger partial charge in [-0.2, -0.15) is 4.98 Å². The van der Waals surface area contributed by atoms with Gasteiger partial charge in [-0.3, -0.25) is 0 Å². The molecule has 0 saturated heterocycles. The van der Waals surface area contributed by atoms with Crippen LogP contribution in [0.3, 0.4) is 0 Å². The van der Waals surface area contributed by atoms with Crippen LogP contribution in [0.4, 0.5) is 30.6 Å². The summed E-state index contributed by atoms with van der Waals surface area (Å²) in [4.78, 5) is 8.07. The van der Waals surface area contributed by atoms with Crippen LogP contribution in [-0.2, 0) is 0 Å². The molecule has 0 aliphatic heterocycles. The summed E-state index contributed by atoms with van der Waals surface area (Å²) < 4.78 is 50.7. The van der Waals surface area contributed by atoms with E-state index in [1.165, 1.54) is 6.20 Å². The smallest absolute Gasteiger partial charge is 0.229 e. The molecule has 3 aromatic rings. The quantitative estimate of drug-likeness (QED) is 0.445. The lowest BCUT2D eigenvalue weighted by Gasteiger charge is -2.10. The first-order chi connectivity index (χ1) is 13.6. The number of rotatable bonds is 8. The second-order valence-corrected chi connectivity index (χ2v) is 5.56. The maximum Gasteiger partial charge on any atom is 0.229 e. The number of nitrogens with zero attached hydrogens (tertiary/aromatic N) is 2. The molecule has 28 heavy (non-hydrogen) atoms. The molecule has 6 nitrogen and oxygen atoms in total. The van der Waals surface area contributed by atoms with Gasteiger partial charge in [0.25, 0.3) is 0 Å². The van der Waals surface area contributed by atoms with E-state index >= 15 is 0 Å². The number of ether oxygens (including phenoxy) is 2. The number of anilines is 3. The standard InChI is InChI=1S/C19H17F3N4O2/c1-27-12-2-4-13(5-3-12)28-11-10-23-16-8-9-24-19(26-16)25-15-7-6-14(20)17(21)18(15)22/h2-9H,10-11H2,1H3,(H2,23,24,25,26). The molecule has 0 saturated carbocycles. The van der Waals surface area contributed by atoms with E-state index in [1.807, 2.05) is 0 Å². The molecule has 0 aliphatic carbocycles. The summed E-state index contributed by atoms with van der Waals surface area (Å²) in [7, 11) is 1.59. The number of hydrogen-bond acceptors (Lipinski definition) is 6. The number of benzene rings is 2. The Morgan fingerprint density at radius 3 is 2.43 bits per heavy atom. The van der Waals surface area contributed by atoms with Crippen molar-refractivity contribution >= 4 is 17.5 Å². The summed E-state index contributed by atoms with van der Waals surface area (Å²) in [6, 6.07) is 10.7. The van der Waals surface area contributed by atoms with Gasteiger partial charge < -0.3 is 20.1 Å². The van der Waals surface area contributed by atoms with E-state index in [1.54, 1.807) is 37.4 Å². The van der Waals surface area contributed by atoms with Gasteiger partial charge in [0.05, 0.1) is 19.3 Å². The molecule has 0 radical (unpaired) electrons. The highest BCUT2D eigenvalue weighted by Gasteiger charge is 2.14. The van der Waals surface area contributed by atoms with Crippen molar-refractivity contribution in [2.45, 2.75) is 0 Å². The summed E-state index contributed by atoms with van der Waals surface area (Å²) in [5.74, 6) is -2.24. The first kappa shape index (κ1) is 19.3. The van der Waals surface area contributed by atoms with Crippen LogP contribution in [-0.4, -0.2) is 30.2 Å². The third kappa shape index (κ3) is 4.81. The van der Waals surface area contributed by atoms with Gasteiger partial charge in [-0.1, -0.05) is 0 Å². The van der Waals surface area contributed by atoms with Crippen LogP contribution in [0.25, 0.3) is 0 Å². The second kappa shape index (κ2) is 8.94. The van der Waals surface area contributed by atoms with Crippen molar-refractivity contribution in [2.75, 3.05) is 30.9 Å². The van der Waals surface area contributed by atoms with Crippen molar-refractivity contribution in [3.63, 3.8) is 0 Å². The van der Waals surface area contributed by atoms with Gasteiger partial charge in [-0.25, -0.2) is 18.2 Å². The van der Waals surface area contributed by atoms with Crippen LogP contribution in [0.15, 0.2) is 48.7 Å². The fourth-order valence-corrected chi connectivity index (χ4v) is 2.28. The highest BCUT2D eigenvalue weighted by Crippen LogP contribution is 2.22. The molecule has 0 unspecified atom stereocenters. The lowest BCUT2D eigenvalue weighted by molar-refractivity contribution is 0.331. The van der Waals surface area contributed by atoms with E-state index in [9.17, 15) is 13.2 Å². The molecule has 0 fully saturated rings. The van der Waals surface area contributed by atoms with E-state index in [2.05, 4.69) is 20.6 Å². The maximum atomic E-state index is 13.7. The zero-order valence-electron chi connectivity index (χ0n) is 14.9. The Labute approximate surface area is 159 Å². The van der Waals surface area contributed by atoms with Gasteiger partial charge in [0.15, 0.2) is 17.5 Å². The van der Waals surface area contributed by atoms with Crippen molar-refractivity contribution in [3.05, 3.63) is 66.1 Å². The van der Waals surface area contributed by atoms with E-state index in [4.69, 9.17) is 9.47 Å². The Morgan fingerprint density at radius 2 is 1.68 bits per heavy atom. The first-order valence-electron chi connectivity index (χ1n) is 8.31. The predicted molar refractivity (Wildman–Crippen MR) is 98.6 cm³/mol. The minimum Gasteiger partial charge on any atom is -0.497 e. The Hall–Kier alpha value is -3.49. The minimum atomic E-state index is -1.56. The zero-order chi connectivity index (χ0) is 19.9. The predicted octanol–water partition coefficient (Wildman–Crippen LogP) is 4.14. The minimum absolute atomic E-state index is 0.0333. The first-order valence-corrected chi connectivity index (χ1v) is 8.31. The third-order valence-electron chi connectivity index (χ3n) is 3.67. The Kier molecular flexibility index (Phi) is 6.15. The van der Waals surface area contributed by atoms with Crippen LogP contribution >= 0.6 is 0 Å². The molecule has 0 amide bonds. The molecule has 1 aromatic heterocycles. The maximum absolute atomic E-state index is 13.7. The molecular formula is C19H17F3N4O2. The molecule has 3 rings (SSSR count). The van der Waals surface area contributed by atoms with Crippen LogP contribution < -0.4 is 20.1 Å². The van der Waals surface area contributed by atoms with Crippen molar-refractivity contribution in [2.24, 2.45) is 0 Å². The normalized spacial score (nSPS) is 10.4. The van der Waals surface area contributed by atoms with E-state index < -0.39 is 17.5 Å². The van der Waals surface area contributed by atoms with Gasteiger partial charge in [0.1, 0.15) is 23.9 Å². The average molecular weight is 390 g/mol. The van der Waals surface area contributed by atoms with E-state index in [0.717, 1.165) is 17.9 Å². The van der Waals surface area contributed by atoms with Crippen LogP contribution in [0, 0.1) is 17.5 Å². The molecule has 1 heterocycles. The summed E-state index contributed by atoms with van der Waals surface area (Å²) >= 11 is 0. The van der Waals surface area contributed by atoms with Gasteiger partial charge in [-0.15, -0.1) is 0 Å². The molecule has 2 N–H and O–H groups in total. The third-order valence-corrected chi connectivity index (χ3v) is 3.67. The number of methoxy groups -OCH3 is 1. The van der Waals surface area contributed by atoms with E-state index in [-0.39, 0.29) is 11.6 Å². The van der Waals surface area contributed by atoms with Gasteiger partial charge in [0.2, 0.25) is 5.95 Å². The van der Waals surface area contributed by atoms with Crippen molar-refractivity contribution in [1.82, 2.24) is 9.97 Å². The largest absolute Gasteiger partial charge is 0.497 e. The fourth-order valence-electron chi connectivity index (χ4n) is 2.28. The number of halogens is 3. The molecule has 0 aliphatic rings. The lowest BCUT2D eigenvalue weighted by Crippen LogP contribution is -2.13. The second-order valence-electron chi connectivity index (χ2n) is 5.56. The number of aromatic nitrogens is 2. The Balaban J connectivity index is 1.54. The molecule has 9 heteroatoms. The summed E-state index contributed by atoms with van der Waals surface area (Å²) in [6.07, 6.45) is 1.44. The lowest BCUT2D eigenvalue weighted by atomic mass is 10.3. The number of hydrogen-bond donors (Lipinski definition) is 2. The van der Waals surface area contributed by atoms with Crippen molar-refractivity contribution in [1.29, 1.82) is 0 Å². The average Bonchev–Trinajstić information content (AvgIpc) is 2.72. The zero-order valence-corrected chi connectivity index (χ0v) is 14.9. The van der Waals surface area contributed by atoms with Crippen molar-refractivity contribution < 1.29 is 22.6 Å². The van der Waals surface area contributed by atoms with Gasteiger partial charge >= 0.3 is 0 Å². The summed E-state index contributed by atoms with van der Waals surface area (Å²) in [5, 5.41) is 5.55. The fraction of sp³-hybridized carbons (Fsp3) is 0.158. The van der Waals surface area contributed by atoms with Gasteiger partial charge in [0, 0.05) is 6.20 Å². The highest BCUT2D eigenvalue weighted by atomic mass is 19.2.